The molecule has 31 heavy (non-hydrogen) atoms. The molecule has 0 spiro atoms. The molecule has 0 aliphatic carbocycles. The fraction of sp³-hybridized carbons (Fsp3) is 0.381. The molecule has 0 saturated heterocycles. The van der Waals surface area contributed by atoms with Crippen molar-refractivity contribution in [1.29, 1.82) is 0 Å². The van der Waals surface area contributed by atoms with E-state index in [1.807, 2.05) is 0 Å². The van der Waals surface area contributed by atoms with E-state index >= 15 is 0 Å². The molecule has 0 aromatic heterocycles. The first-order valence-electron chi connectivity index (χ1n) is 9.38. The fourth-order valence-corrected chi connectivity index (χ4v) is 4.07. The second kappa shape index (κ2) is 9.27. The number of benzene rings is 2. The Labute approximate surface area is 179 Å². The van der Waals surface area contributed by atoms with E-state index in [0.717, 1.165) is 0 Å². The zero-order valence-electron chi connectivity index (χ0n) is 17.6. The van der Waals surface area contributed by atoms with E-state index in [2.05, 4.69) is 14.8 Å². The number of ether oxygens (including phenoxy) is 1. The molecule has 2 aromatic rings. The fourth-order valence-electron chi connectivity index (χ4n) is 2.62. The van der Waals surface area contributed by atoms with Crippen LogP contribution >= 0.6 is 0 Å². The highest BCUT2D eigenvalue weighted by Crippen LogP contribution is 2.20. The molecule has 1 amide bonds. The molecule has 0 radical (unpaired) electrons. The monoisotopic (exact) mass is 458 g/mol. The molecular weight excluding hydrogens is 433 g/mol. The van der Waals surface area contributed by atoms with Crippen LogP contribution in [0.4, 0.5) is 13.2 Å². The van der Waals surface area contributed by atoms with E-state index < -0.39 is 34.3 Å². The van der Waals surface area contributed by atoms with Gasteiger partial charge in [-0.05, 0) is 63.1 Å². The van der Waals surface area contributed by atoms with Gasteiger partial charge in [0.25, 0.3) is 5.91 Å². The molecule has 6 nitrogen and oxygen atoms in total. The van der Waals surface area contributed by atoms with Crippen molar-refractivity contribution in [1.82, 2.24) is 10.0 Å². The molecule has 0 aliphatic heterocycles. The third-order valence-corrected chi connectivity index (χ3v) is 5.74. The lowest BCUT2D eigenvalue weighted by atomic mass is 10.1. The Hall–Kier alpha value is -2.59. The Bertz CT molecular complexity index is 1030. The molecule has 2 aromatic carbocycles. The zero-order valence-corrected chi connectivity index (χ0v) is 18.4. The van der Waals surface area contributed by atoms with Crippen LogP contribution < -0.4 is 14.8 Å². The molecule has 0 heterocycles. The van der Waals surface area contributed by atoms with Gasteiger partial charge in [0.1, 0.15) is 5.75 Å². The summed E-state index contributed by atoms with van der Waals surface area (Å²) in [6.07, 6.45) is -4.42. The molecule has 0 saturated carbocycles. The largest absolute Gasteiger partial charge is 0.484 e. The standard InChI is InChI=1S/C21H25F3N2O4S/c1-14-5-10-17(31(28,29)26-20(2,3)4)11-18(14)19(27)25-12-15-6-8-16(9-7-15)30-13-21(22,23)24/h5-11,26H,12-13H2,1-4H3,(H,25,27). The van der Waals surface area contributed by atoms with Crippen molar-refractivity contribution in [3.05, 3.63) is 59.2 Å². The number of alkyl halides is 3. The second-order valence-electron chi connectivity index (χ2n) is 8.06. The maximum Gasteiger partial charge on any atom is 0.422 e. The van der Waals surface area contributed by atoms with Crippen LogP contribution in [0.1, 0.15) is 42.3 Å². The van der Waals surface area contributed by atoms with Crippen molar-refractivity contribution in [2.75, 3.05) is 6.61 Å². The number of halogens is 3. The predicted octanol–water partition coefficient (Wildman–Crippen LogP) is 3.94. The highest BCUT2D eigenvalue weighted by molar-refractivity contribution is 7.89. The minimum atomic E-state index is -4.42. The van der Waals surface area contributed by atoms with E-state index in [-0.39, 0.29) is 22.8 Å². The normalized spacial score (nSPS) is 12.5. The zero-order chi connectivity index (χ0) is 23.4. The molecule has 0 atom stereocenters. The molecule has 0 aliphatic rings. The number of amides is 1. The summed E-state index contributed by atoms with van der Waals surface area (Å²) in [5.41, 5.74) is 0.774. The molecular formula is C21H25F3N2O4S. The summed E-state index contributed by atoms with van der Waals surface area (Å²) in [6.45, 7) is 5.55. The lowest BCUT2D eigenvalue weighted by Crippen LogP contribution is -2.40. The summed E-state index contributed by atoms with van der Waals surface area (Å²) in [5, 5.41) is 2.68. The minimum absolute atomic E-state index is 0.0238. The van der Waals surface area contributed by atoms with Gasteiger partial charge in [-0.3, -0.25) is 4.79 Å². The van der Waals surface area contributed by atoms with Gasteiger partial charge in [-0.25, -0.2) is 13.1 Å². The van der Waals surface area contributed by atoms with Gasteiger partial charge in [0.2, 0.25) is 10.0 Å². The van der Waals surface area contributed by atoms with Crippen LogP contribution in [0.15, 0.2) is 47.4 Å². The average molecular weight is 459 g/mol. The summed E-state index contributed by atoms with van der Waals surface area (Å²) >= 11 is 0. The SMILES string of the molecule is Cc1ccc(S(=O)(=O)NC(C)(C)C)cc1C(=O)NCc1ccc(OCC(F)(F)F)cc1. The first-order chi connectivity index (χ1) is 14.2. The Morgan fingerprint density at radius 2 is 1.65 bits per heavy atom. The molecule has 2 N–H and O–H groups in total. The van der Waals surface area contributed by atoms with Crippen molar-refractivity contribution in [2.24, 2.45) is 0 Å². The number of hydrogen-bond acceptors (Lipinski definition) is 4. The average Bonchev–Trinajstić information content (AvgIpc) is 2.63. The number of sulfonamides is 1. The quantitative estimate of drug-likeness (QED) is 0.658. The summed E-state index contributed by atoms with van der Waals surface area (Å²) in [7, 11) is -3.80. The topological polar surface area (TPSA) is 84.5 Å². The molecule has 2 rings (SSSR count). The summed E-state index contributed by atoms with van der Waals surface area (Å²) in [5.74, 6) is -0.407. The van der Waals surface area contributed by atoms with Crippen LogP contribution in [0.2, 0.25) is 0 Å². The van der Waals surface area contributed by atoms with Crippen LogP contribution in [0.3, 0.4) is 0 Å². The Kier molecular flexibility index (Phi) is 7.38. The first-order valence-corrected chi connectivity index (χ1v) is 10.9. The molecule has 170 valence electrons. The number of nitrogens with one attached hydrogen (secondary N) is 2. The van der Waals surface area contributed by atoms with E-state index in [0.29, 0.717) is 11.1 Å². The predicted molar refractivity (Wildman–Crippen MR) is 110 cm³/mol. The molecule has 10 heteroatoms. The molecule has 0 unspecified atom stereocenters. The maximum absolute atomic E-state index is 12.6. The van der Waals surface area contributed by atoms with Crippen LogP contribution in [0.25, 0.3) is 0 Å². The van der Waals surface area contributed by atoms with E-state index in [9.17, 15) is 26.4 Å². The van der Waals surface area contributed by atoms with Gasteiger partial charge in [0.05, 0.1) is 4.90 Å². The van der Waals surface area contributed by atoms with Gasteiger partial charge in [0, 0.05) is 17.6 Å². The van der Waals surface area contributed by atoms with Crippen LogP contribution in [-0.4, -0.2) is 32.6 Å². The maximum atomic E-state index is 12.6. The van der Waals surface area contributed by atoms with Gasteiger partial charge in [0.15, 0.2) is 6.61 Å². The summed E-state index contributed by atoms with van der Waals surface area (Å²) in [4.78, 5) is 12.6. The lowest BCUT2D eigenvalue weighted by Gasteiger charge is -2.20. The highest BCUT2D eigenvalue weighted by atomic mass is 32.2. The van der Waals surface area contributed by atoms with Crippen molar-refractivity contribution in [2.45, 2.75) is 50.9 Å². The van der Waals surface area contributed by atoms with Crippen molar-refractivity contribution in [3.63, 3.8) is 0 Å². The number of carbonyl (C=O) groups excluding carboxylic acids is 1. The van der Waals surface area contributed by atoms with Crippen LogP contribution in [0, 0.1) is 6.92 Å². The van der Waals surface area contributed by atoms with Crippen molar-refractivity contribution < 1.29 is 31.1 Å². The third kappa shape index (κ3) is 7.87. The first kappa shape index (κ1) is 24.7. The number of hydrogen-bond donors (Lipinski definition) is 2. The van der Waals surface area contributed by atoms with E-state index in [1.165, 1.54) is 36.4 Å². The highest BCUT2D eigenvalue weighted by Gasteiger charge is 2.28. The van der Waals surface area contributed by atoms with Gasteiger partial charge in [-0.15, -0.1) is 0 Å². The van der Waals surface area contributed by atoms with Crippen molar-refractivity contribution in [3.8, 4) is 5.75 Å². The van der Waals surface area contributed by atoms with Gasteiger partial charge >= 0.3 is 6.18 Å². The Morgan fingerprint density at radius 3 is 2.19 bits per heavy atom. The van der Waals surface area contributed by atoms with E-state index in [4.69, 9.17) is 0 Å². The molecule has 0 fully saturated rings. The number of carbonyl (C=O) groups is 1. The van der Waals surface area contributed by atoms with Crippen LogP contribution in [-0.2, 0) is 16.6 Å². The minimum Gasteiger partial charge on any atom is -0.484 e. The lowest BCUT2D eigenvalue weighted by molar-refractivity contribution is -0.153. The van der Waals surface area contributed by atoms with Gasteiger partial charge in [-0.1, -0.05) is 18.2 Å². The van der Waals surface area contributed by atoms with Crippen LogP contribution in [0.5, 0.6) is 5.75 Å². The van der Waals surface area contributed by atoms with Gasteiger partial charge in [-0.2, -0.15) is 13.2 Å². The van der Waals surface area contributed by atoms with E-state index in [1.54, 1.807) is 33.8 Å². The molecule has 0 bridgehead atoms. The Morgan fingerprint density at radius 1 is 1.03 bits per heavy atom. The smallest absolute Gasteiger partial charge is 0.422 e. The Balaban J connectivity index is 2.07. The third-order valence-electron chi connectivity index (χ3n) is 3.98. The second-order valence-corrected chi connectivity index (χ2v) is 9.75. The summed E-state index contributed by atoms with van der Waals surface area (Å²) < 4.78 is 68.8. The summed E-state index contributed by atoms with van der Waals surface area (Å²) in [6, 6.07) is 10.1. The van der Waals surface area contributed by atoms with Gasteiger partial charge < -0.3 is 10.1 Å². The number of rotatable bonds is 7. The van der Waals surface area contributed by atoms with Crippen molar-refractivity contribution >= 4 is 15.9 Å². The number of aryl methyl sites for hydroxylation is 1.